The Kier molecular flexibility index (Phi) is 4.67. The smallest absolute Gasteiger partial charge is 0.131 e. The zero-order valence-corrected chi connectivity index (χ0v) is 11.1. The highest BCUT2D eigenvalue weighted by molar-refractivity contribution is 9.10. The molecule has 0 heterocycles. The number of hydrogen-bond acceptors (Lipinski definition) is 2. The highest BCUT2D eigenvalue weighted by Gasteiger charge is 2.15. The van der Waals surface area contributed by atoms with Gasteiger partial charge in [0.05, 0.1) is 10.8 Å². The van der Waals surface area contributed by atoms with Crippen LogP contribution in [0.5, 0.6) is 0 Å². The number of carbonyl (C=O) groups excluding carboxylic acids is 1. The van der Waals surface area contributed by atoms with Gasteiger partial charge in [-0.2, -0.15) is 0 Å². The first-order chi connectivity index (χ1) is 7.00. The summed E-state index contributed by atoms with van der Waals surface area (Å²) < 4.78 is 12.9. The van der Waals surface area contributed by atoms with E-state index in [4.69, 9.17) is 0 Å². The lowest BCUT2D eigenvalue weighted by Crippen LogP contribution is -2.14. The Bertz CT molecular complexity index is 390. The largest absolute Gasteiger partial charge is 0.300 e. The van der Waals surface area contributed by atoms with E-state index in [9.17, 15) is 9.00 Å². The highest BCUT2D eigenvalue weighted by Crippen LogP contribution is 2.18. The van der Waals surface area contributed by atoms with Gasteiger partial charge in [-0.15, -0.1) is 0 Å². The van der Waals surface area contributed by atoms with Crippen molar-refractivity contribution in [2.45, 2.75) is 30.4 Å². The van der Waals surface area contributed by atoms with Gasteiger partial charge >= 0.3 is 0 Å². The molecule has 0 fully saturated rings. The third kappa shape index (κ3) is 3.87. The summed E-state index contributed by atoms with van der Waals surface area (Å²) in [6.45, 7) is 3.35. The minimum absolute atomic E-state index is 0.0749. The Morgan fingerprint density at radius 3 is 2.73 bits per heavy atom. The maximum absolute atomic E-state index is 12.0. The zero-order valence-electron chi connectivity index (χ0n) is 8.70. The molecule has 1 aromatic carbocycles. The molecule has 0 aromatic heterocycles. The first kappa shape index (κ1) is 12.6. The number of ketones is 1. The molecular formula is C11H13BrO2S. The minimum atomic E-state index is -1.11. The SMILES string of the molecule is CC(=O)CC(C)S(=O)c1cccc(Br)c1. The average molecular weight is 289 g/mol. The summed E-state index contributed by atoms with van der Waals surface area (Å²) in [6, 6.07) is 7.37. The highest BCUT2D eigenvalue weighted by atomic mass is 79.9. The maximum atomic E-state index is 12.0. The van der Waals surface area contributed by atoms with Crippen LogP contribution in [0.1, 0.15) is 20.3 Å². The second-order valence-corrected chi connectivity index (χ2v) is 6.26. The molecule has 0 spiro atoms. The van der Waals surface area contributed by atoms with Crippen molar-refractivity contribution in [3.8, 4) is 0 Å². The molecule has 2 atom stereocenters. The lowest BCUT2D eigenvalue weighted by Gasteiger charge is -2.09. The van der Waals surface area contributed by atoms with Gasteiger partial charge in [0.2, 0.25) is 0 Å². The summed E-state index contributed by atoms with van der Waals surface area (Å²) in [5.74, 6) is 0.0749. The molecule has 0 amide bonds. The van der Waals surface area contributed by atoms with Crippen molar-refractivity contribution in [1.29, 1.82) is 0 Å². The Balaban J connectivity index is 2.80. The van der Waals surface area contributed by atoms with Crippen molar-refractivity contribution in [2.24, 2.45) is 0 Å². The van der Waals surface area contributed by atoms with E-state index in [0.717, 1.165) is 9.37 Å². The number of benzene rings is 1. The normalized spacial score (nSPS) is 14.6. The van der Waals surface area contributed by atoms with Crippen LogP contribution in [0.3, 0.4) is 0 Å². The van der Waals surface area contributed by atoms with Crippen LogP contribution < -0.4 is 0 Å². The van der Waals surface area contributed by atoms with E-state index in [1.165, 1.54) is 6.92 Å². The molecule has 2 nitrogen and oxygen atoms in total. The van der Waals surface area contributed by atoms with Gasteiger partial charge < -0.3 is 0 Å². The quantitative estimate of drug-likeness (QED) is 0.854. The van der Waals surface area contributed by atoms with Crippen LogP contribution in [-0.4, -0.2) is 15.2 Å². The van der Waals surface area contributed by atoms with E-state index in [0.29, 0.717) is 6.42 Å². The van der Waals surface area contributed by atoms with Crippen molar-refractivity contribution in [2.75, 3.05) is 0 Å². The minimum Gasteiger partial charge on any atom is -0.300 e. The van der Waals surface area contributed by atoms with Gasteiger partial charge in [-0.25, -0.2) is 0 Å². The number of rotatable bonds is 4. The van der Waals surface area contributed by atoms with Gasteiger partial charge in [0.1, 0.15) is 5.78 Å². The predicted molar refractivity (Wildman–Crippen MR) is 65.3 cm³/mol. The van der Waals surface area contributed by atoms with Gasteiger partial charge in [-0.3, -0.25) is 9.00 Å². The van der Waals surface area contributed by atoms with Crippen molar-refractivity contribution in [3.05, 3.63) is 28.7 Å². The molecule has 0 aliphatic heterocycles. The fraction of sp³-hybridized carbons (Fsp3) is 0.364. The second-order valence-electron chi connectivity index (χ2n) is 3.47. The van der Waals surface area contributed by atoms with Crippen molar-refractivity contribution >= 4 is 32.5 Å². The standard InChI is InChI=1S/C11H13BrO2S/c1-8(13)6-9(2)15(14)11-5-3-4-10(12)7-11/h3-5,7,9H,6H2,1-2H3. The van der Waals surface area contributed by atoms with Crippen LogP contribution in [-0.2, 0) is 15.6 Å². The Hall–Kier alpha value is -0.480. The summed E-state index contributed by atoms with van der Waals surface area (Å²) in [5.41, 5.74) is 0. The van der Waals surface area contributed by atoms with E-state index < -0.39 is 10.8 Å². The van der Waals surface area contributed by atoms with Crippen LogP contribution in [0.15, 0.2) is 33.6 Å². The monoisotopic (exact) mass is 288 g/mol. The molecule has 1 rings (SSSR count). The van der Waals surface area contributed by atoms with Crippen LogP contribution in [0, 0.1) is 0 Å². The second kappa shape index (κ2) is 5.56. The summed E-state index contributed by atoms with van der Waals surface area (Å²) >= 11 is 3.33. The van der Waals surface area contributed by atoms with Crippen LogP contribution in [0.2, 0.25) is 0 Å². The fourth-order valence-electron chi connectivity index (χ4n) is 1.30. The van der Waals surface area contributed by atoms with Gasteiger partial charge in [-0.05, 0) is 25.1 Å². The van der Waals surface area contributed by atoms with Gasteiger partial charge in [0.15, 0.2) is 0 Å². The molecule has 2 unspecified atom stereocenters. The fourth-order valence-corrected chi connectivity index (χ4v) is 3.16. The van der Waals surface area contributed by atoms with Crippen LogP contribution in [0.25, 0.3) is 0 Å². The number of halogens is 1. The molecule has 15 heavy (non-hydrogen) atoms. The van der Waals surface area contributed by atoms with Crippen LogP contribution >= 0.6 is 15.9 Å². The lowest BCUT2D eigenvalue weighted by molar-refractivity contribution is -0.116. The molecule has 1 aromatic rings. The summed E-state index contributed by atoms with van der Waals surface area (Å²) in [5, 5.41) is -0.128. The van der Waals surface area contributed by atoms with E-state index in [1.54, 1.807) is 0 Å². The lowest BCUT2D eigenvalue weighted by atomic mass is 10.2. The molecule has 0 N–H and O–H groups in total. The van der Waals surface area contributed by atoms with E-state index >= 15 is 0 Å². The van der Waals surface area contributed by atoms with Crippen LogP contribution in [0.4, 0.5) is 0 Å². The van der Waals surface area contributed by atoms with E-state index in [-0.39, 0.29) is 11.0 Å². The summed E-state index contributed by atoms with van der Waals surface area (Å²) in [6.07, 6.45) is 0.360. The first-order valence-corrected chi connectivity index (χ1v) is 6.67. The average Bonchev–Trinajstić information content (AvgIpc) is 2.15. The summed E-state index contributed by atoms with van der Waals surface area (Å²) in [4.78, 5) is 11.7. The molecular weight excluding hydrogens is 276 g/mol. The molecule has 0 saturated carbocycles. The molecule has 0 aliphatic carbocycles. The molecule has 82 valence electrons. The summed E-state index contributed by atoms with van der Waals surface area (Å²) in [7, 11) is -1.11. The third-order valence-electron chi connectivity index (χ3n) is 1.97. The van der Waals surface area contributed by atoms with Crippen molar-refractivity contribution in [3.63, 3.8) is 0 Å². The Labute approximate surface area is 101 Å². The van der Waals surface area contributed by atoms with E-state index in [1.807, 2.05) is 31.2 Å². The van der Waals surface area contributed by atoms with Crippen molar-refractivity contribution < 1.29 is 9.00 Å². The first-order valence-electron chi connectivity index (χ1n) is 4.66. The zero-order chi connectivity index (χ0) is 11.4. The topological polar surface area (TPSA) is 34.1 Å². The number of hydrogen-bond donors (Lipinski definition) is 0. The van der Waals surface area contributed by atoms with Gasteiger partial charge in [0.25, 0.3) is 0 Å². The third-order valence-corrected chi connectivity index (χ3v) is 4.08. The van der Waals surface area contributed by atoms with Crippen molar-refractivity contribution in [1.82, 2.24) is 0 Å². The molecule has 0 radical (unpaired) electrons. The van der Waals surface area contributed by atoms with Gasteiger partial charge in [-0.1, -0.05) is 28.9 Å². The molecule has 0 aliphatic rings. The maximum Gasteiger partial charge on any atom is 0.131 e. The molecule has 4 heteroatoms. The molecule has 0 bridgehead atoms. The van der Waals surface area contributed by atoms with Gasteiger partial charge in [0, 0.05) is 21.0 Å². The predicted octanol–water partition coefficient (Wildman–Crippen LogP) is 2.92. The number of Topliss-reactive ketones (excluding diaryl/α,β-unsaturated/α-hetero) is 1. The molecule has 0 saturated heterocycles. The Morgan fingerprint density at radius 2 is 2.20 bits per heavy atom. The van der Waals surface area contributed by atoms with E-state index in [2.05, 4.69) is 15.9 Å². The number of carbonyl (C=O) groups is 1. The Morgan fingerprint density at radius 1 is 1.53 bits per heavy atom.